The van der Waals surface area contributed by atoms with E-state index in [9.17, 15) is 0 Å². The Bertz CT molecular complexity index is 670. The fourth-order valence-corrected chi connectivity index (χ4v) is 3.03. The van der Waals surface area contributed by atoms with Gasteiger partial charge in [-0.2, -0.15) is 5.10 Å². The molecule has 0 bridgehead atoms. The van der Waals surface area contributed by atoms with Crippen LogP contribution in [0.25, 0.3) is 0 Å². The zero-order valence-electron chi connectivity index (χ0n) is 14.1. The number of thiazole rings is 1. The molecule has 2 heterocycles. The van der Waals surface area contributed by atoms with Crippen molar-refractivity contribution in [3.63, 3.8) is 0 Å². The van der Waals surface area contributed by atoms with Gasteiger partial charge in [-0.3, -0.25) is 9.67 Å². The molecule has 0 aliphatic heterocycles. The SMILES string of the molecule is CN=C(NCc1c(C)nn(C)c1C)N(C)Cc1csc(C)n1. The topological polar surface area (TPSA) is 58.3 Å². The van der Waals surface area contributed by atoms with E-state index in [-0.39, 0.29) is 0 Å². The predicted octanol–water partition coefficient (Wildman–Crippen LogP) is 2.01. The van der Waals surface area contributed by atoms with Crippen LogP contribution in [0.5, 0.6) is 0 Å². The van der Waals surface area contributed by atoms with E-state index in [1.807, 2.05) is 32.6 Å². The first-order valence-electron chi connectivity index (χ1n) is 7.24. The van der Waals surface area contributed by atoms with Crippen LogP contribution in [0.3, 0.4) is 0 Å². The Labute approximate surface area is 135 Å². The van der Waals surface area contributed by atoms with E-state index in [1.54, 1.807) is 18.4 Å². The third-order valence-corrected chi connectivity index (χ3v) is 4.54. The molecule has 0 radical (unpaired) electrons. The largest absolute Gasteiger partial charge is 0.352 e. The maximum atomic E-state index is 4.50. The second-order valence-corrected chi connectivity index (χ2v) is 6.45. The highest BCUT2D eigenvalue weighted by Crippen LogP contribution is 2.12. The number of aryl methyl sites for hydroxylation is 3. The highest BCUT2D eigenvalue weighted by atomic mass is 32.1. The smallest absolute Gasteiger partial charge is 0.194 e. The molecule has 0 fully saturated rings. The van der Waals surface area contributed by atoms with Crippen molar-refractivity contribution in [2.75, 3.05) is 14.1 Å². The van der Waals surface area contributed by atoms with Crippen LogP contribution in [0, 0.1) is 20.8 Å². The molecular weight excluding hydrogens is 296 g/mol. The molecule has 0 atom stereocenters. The van der Waals surface area contributed by atoms with Crippen LogP contribution in [0.2, 0.25) is 0 Å². The molecule has 6 nitrogen and oxygen atoms in total. The number of aromatic nitrogens is 3. The lowest BCUT2D eigenvalue weighted by molar-refractivity contribution is 0.470. The third-order valence-electron chi connectivity index (χ3n) is 3.72. The van der Waals surface area contributed by atoms with Crippen molar-refractivity contribution in [1.82, 2.24) is 25.0 Å². The molecule has 0 aliphatic rings. The Morgan fingerprint density at radius 2 is 2.14 bits per heavy atom. The van der Waals surface area contributed by atoms with Gasteiger partial charge in [0, 0.05) is 44.3 Å². The minimum absolute atomic E-state index is 0.721. The first-order chi connectivity index (χ1) is 10.4. The normalized spacial score (nSPS) is 11.8. The molecule has 0 saturated heterocycles. The summed E-state index contributed by atoms with van der Waals surface area (Å²) in [6, 6.07) is 0. The van der Waals surface area contributed by atoms with Crippen LogP contribution < -0.4 is 5.32 Å². The van der Waals surface area contributed by atoms with Gasteiger partial charge in [0.2, 0.25) is 0 Å². The van der Waals surface area contributed by atoms with E-state index in [2.05, 4.69) is 37.6 Å². The summed E-state index contributed by atoms with van der Waals surface area (Å²) >= 11 is 1.67. The van der Waals surface area contributed by atoms with Gasteiger partial charge >= 0.3 is 0 Å². The Morgan fingerprint density at radius 1 is 1.41 bits per heavy atom. The van der Waals surface area contributed by atoms with Crippen LogP contribution in [0.1, 0.15) is 27.7 Å². The molecule has 7 heteroatoms. The molecule has 0 spiro atoms. The second-order valence-electron chi connectivity index (χ2n) is 5.39. The second kappa shape index (κ2) is 6.91. The Hall–Kier alpha value is -1.89. The van der Waals surface area contributed by atoms with E-state index < -0.39 is 0 Å². The summed E-state index contributed by atoms with van der Waals surface area (Å²) in [4.78, 5) is 10.9. The van der Waals surface area contributed by atoms with Crippen LogP contribution in [0.15, 0.2) is 10.4 Å². The molecule has 2 rings (SSSR count). The summed E-state index contributed by atoms with van der Waals surface area (Å²) in [7, 11) is 5.79. The Kier molecular flexibility index (Phi) is 5.18. The Balaban J connectivity index is 2.00. The van der Waals surface area contributed by atoms with Crippen molar-refractivity contribution in [2.24, 2.45) is 12.0 Å². The maximum absolute atomic E-state index is 4.50. The number of nitrogens with one attached hydrogen (secondary N) is 1. The van der Waals surface area contributed by atoms with Gasteiger partial charge in [0.05, 0.1) is 22.9 Å². The molecule has 1 N–H and O–H groups in total. The number of hydrogen-bond acceptors (Lipinski definition) is 4. The van der Waals surface area contributed by atoms with Gasteiger partial charge in [0.15, 0.2) is 5.96 Å². The predicted molar refractivity (Wildman–Crippen MR) is 91.2 cm³/mol. The standard InChI is InChI=1S/C15H24N6S/c1-10-14(11(2)21(6)19-10)7-17-15(16-4)20(5)8-13-9-22-12(3)18-13/h9H,7-8H2,1-6H3,(H,16,17). The van der Waals surface area contributed by atoms with Crippen LogP contribution in [-0.2, 0) is 20.1 Å². The first kappa shape index (κ1) is 16.5. The fourth-order valence-electron chi connectivity index (χ4n) is 2.42. The van der Waals surface area contributed by atoms with Gasteiger partial charge in [-0.15, -0.1) is 11.3 Å². The zero-order valence-corrected chi connectivity index (χ0v) is 15.0. The molecule has 0 aliphatic carbocycles. The van der Waals surface area contributed by atoms with Gasteiger partial charge in [-0.1, -0.05) is 0 Å². The number of guanidine groups is 1. The zero-order chi connectivity index (χ0) is 16.3. The molecule has 2 aromatic rings. The molecule has 2 aromatic heterocycles. The van der Waals surface area contributed by atoms with E-state index in [1.165, 1.54) is 11.3 Å². The van der Waals surface area contributed by atoms with Gasteiger partial charge in [0.25, 0.3) is 0 Å². The molecule has 22 heavy (non-hydrogen) atoms. The van der Waals surface area contributed by atoms with Crippen LogP contribution in [0.4, 0.5) is 0 Å². The number of hydrogen-bond donors (Lipinski definition) is 1. The number of nitrogens with zero attached hydrogens (tertiary/aromatic N) is 5. The fraction of sp³-hybridized carbons (Fsp3) is 0.533. The van der Waals surface area contributed by atoms with Crippen molar-refractivity contribution in [2.45, 2.75) is 33.9 Å². The lowest BCUT2D eigenvalue weighted by atomic mass is 10.2. The lowest BCUT2D eigenvalue weighted by Crippen LogP contribution is -2.38. The summed E-state index contributed by atoms with van der Waals surface area (Å²) in [5, 5.41) is 11.0. The highest BCUT2D eigenvalue weighted by molar-refractivity contribution is 7.09. The third kappa shape index (κ3) is 3.65. The summed E-state index contributed by atoms with van der Waals surface area (Å²) < 4.78 is 1.91. The lowest BCUT2D eigenvalue weighted by Gasteiger charge is -2.21. The monoisotopic (exact) mass is 320 g/mol. The molecule has 0 amide bonds. The van der Waals surface area contributed by atoms with Gasteiger partial charge in [0.1, 0.15) is 0 Å². The van der Waals surface area contributed by atoms with Crippen molar-refractivity contribution in [3.05, 3.63) is 33.0 Å². The van der Waals surface area contributed by atoms with Crippen molar-refractivity contribution in [3.8, 4) is 0 Å². The molecule has 120 valence electrons. The molecule has 0 saturated carbocycles. The number of rotatable bonds is 4. The maximum Gasteiger partial charge on any atom is 0.194 e. The van der Waals surface area contributed by atoms with E-state index in [0.29, 0.717) is 0 Å². The van der Waals surface area contributed by atoms with Gasteiger partial charge < -0.3 is 10.2 Å². The van der Waals surface area contributed by atoms with Gasteiger partial charge in [-0.25, -0.2) is 4.98 Å². The first-order valence-corrected chi connectivity index (χ1v) is 8.12. The van der Waals surface area contributed by atoms with E-state index >= 15 is 0 Å². The minimum Gasteiger partial charge on any atom is -0.352 e. The van der Waals surface area contributed by atoms with Crippen molar-refractivity contribution in [1.29, 1.82) is 0 Å². The average Bonchev–Trinajstić information content (AvgIpc) is 2.97. The summed E-state index contributed by atoms with van der Waals surface area (Å²) in [6.07, 6.45) is 0. The number of aliphatic imine (C=N–C) groups is 1. The van der Waals surface area contributed by atoms with Crippen LogP contribution in [-0.4, -0.2) is 39.7 Å². The van der Waals surface area contributed by atoms with Crippen molar-refractivity contribution < 1.29 is 0 Å². The summed E-state index contributed by atoms with van der Waals surface area (Å²) in [6.45, 7) is 7.61. The minimum atomic E-state index is 0.721. The van der Waals surface area contributed by atoms with E-state index in [0.717, 1.165) is 35.4 Å². The van der Waals surface area contributed by atoms with Crippen molar-refractivity contribution >= 4 is 17.3 Å². The highest BCUT2D eigenvalue weighted by Gasteiger charge is 2.12. The quantitative estimate of drug-likeness (QED) is 0.691. The Morgan fingerprint density at radius 3 is 2.64 bits per heavy atom. The summed E-state index contributed by atoms with van der Waals surface area (Å²) in [5.74, 6) is 0.855. The van der Waals surface area contributed by atoms with Gasteiger partial charge in [-0.05, 0) is 20.8 Å². The summed E-state index contributed by atoms with van der Waals surface area (Å²) in [5.41, 5.74) is 4.53. The molecule has 0 unspecified atom stereocenters. The molecule has 0 aromatic carbocycles. The average molecular weight is 320 g/mol. The van der Waals surface area contributed by atoms with Crippen LogP contribution >= 0.6 is 11.3 Å². The molecular formula is C15H24N6S. The van der Waals surface area contributed by atoms with E-state index in [4.69, 9.17) is 0 Å².